The van der Waals surface area contributed by atoms with Gasteiger partial charge in [-0.1, -0.05) is 6.07 Å². The van der Waals surface area contributed by atoms with Crippen LogP contribution in [0.5, 0.6) is 0 Å². The maximum atomic E-state index is 13.5. The van der Waals surface area contributed by atoms with Gasteiger partial charge in [0.1, 0.15) is 0 Å². The van der Waals surface area contributed by atoms with Crippen molar-refractivity contribution in [2.45, 2.75) is 0 Å². The Morgan fingerprint density at radius 2 is 1.84 bits per heavy atom. The highest BCUT2D eigenvalue weighted by molar-refractivity contribution is 5.95. The highest BCUT2D eigenvalue weighted by Crippen LogP contribution is 2.26. The molecule has 0 aliphatic rings. The summed E-state index contributed by atoms with van der Waals surface area (Å²) in [6.45, 7) is 0. The minimum absolute atomic E-state index is 0.0756. The van der Waals surface area contributed by atoms with Crippen LogP contribution < -0.4 is 16.8 Å². The Balaban J connectivity index is 2.40. The molecular formula is C13H11F2N3O. The Kier molecular flexibility index (Phi) is 3.33. The van der Waals surface area contributed by atoms with Gasteiger partial charge in [0.15, 0.2) is 11.6 Å². The summed E-state index contributed by atoms with van der Waals surface area (Å²) in [4.78, 5) is 11.1. The van der Waals surface area contributed by atoms with E-state index in [0.29, 0.717) is 0 Å². The molecule has 0 heterocycles. The van der Waals surface area contributed by atoms with Crippen molar-refractivity contribution >= 4 is 23.0 Å². The second kappa shape index (κ2) is 4.93. The summed E-state index contributed by atoms with van der Waals surface area (Å²) < 4.78 is 26.6. The second-order valence-electron chi connectivity index (χ2n) is 3.89. The van der Waals surface area contributed by atoms with Crippen molar-refractivity contribution in [2.75, 3.05) is 11.1 Å². The minimum Gasteiger partial charge on any atom is -0.397 e. The zero-order chi connectivity index (χ0) is 14.0. The maximum absolute atomic E-state index is 13.5. The quantitative estimate of drug-likeness (QED) is 0.744. The van der Waals surface area contributed by atoms with Gasteiger partial charge in [-0.3, -0.25) is 4.79 Å². The molecule has 1 amide bonds. The molecule has 0 fully saturated rings. The van der Waals surface area contributed by atoms with E-state index < -0.39 is 17.5 Å². The molecule has 19 heavy (non-hydrogen) atoms. The van der Waals surface area contributed by atoms with Crippen molar-refractivity contribution < 1.29 is 13.6 Å². The predicted octanol–water partition coefficient (Wildman–Crippen LogP) is 2.39. The summed E-state index contributed by atoms with van der Waals surface area (Å²) >= 11 is 0. The minimum atomic E-state index is -1.02. The number of amides is 1. The molecule has 0 aliphatic carbocycles. The molecule has 4 nitrogen and oxygen atoms in total. The average molecular weight is 263 g/mol. The average Bonchev–Trinajstić information content (AvgIpc) is 2.37. The number of benzene rings is 2. The van der Waals surface area contributed by atoms with Crippen LogP contribution in [-0.4, -0.2) is 5.91 Å². The van der Waals surface area contributed by atoms with Crippen LogP contribution in [-0.2, 0) is 0 Å². The lowest BCUT2D eigenvalue weighted by molar-refractivity contribution is 0.100. The third-order valence-electron chi connectivity index (χ3n) is 2.56. The van der Waals surface area contributed by atoms with Crippen LogP contribution in [0, 0.1) is 11.6 Å². The van der Waals surface area contributed by atoms with Gasteiger partial charge in [0.05, 0.1) is 17.1 Å². The van der Waals surface area contributed by atoms with Gasteiger partial charge < -0.3 is 16.8 Å². The van der Waals surface area contributed by atoms with Crippen molar-refractivity contribution in [3.05, 3.63) is 53.6 Å². The van der Waals surface area contributed by atoms with E-state index in [2.05, 4.69) is 5.32 Å². The van der Waals surface area contributed by atoms with E-state index in [9.17, 15) is 13.6 Å². The Morgan fingerprint density at radius 3 is 2.53 bits per heavy atom. The summed E-state index contributed by atoms with van der Waals surface area (Å²) in [6, 6.07) is 8.00. The lowest BCUT2D eigenvalue weighted by Crippen LogP contribution is -2.11. The van der Waals surface area contributed by atoms with Gasteiger partial charge in [-0.25, -0.2) is 8.78 Å². The molecule has 98 valence electrons. The van der Waals surface area contributed by atoms with Crippen LogP contribution in [0.3, 0.4) is 0 Å². The monoisotopic (exact) mass is 263 g/mol. The van der Waals surface area contributed by atoms with Crippen LogP contribution in [0.2, 0.25) is 0 Å². The first kappa shape index (κ1) is 12.8. The first-order chi connectivity index (χ1) is 8.99. The molecular weight excluding hydrogens is 252 g/mol. The fraction of sp³-hybridized carbons (Fsp3) is 0. The molecule has 0 unspecified atom stereocenters. The van der Waals surface area contributed by atoms with Gasteiger partial charge in [-0.05, 0) is 30.3 Å². The zero-order valence-electron chi connectivity index (χ0n) is 9.78. The second-order valence-corrected chi connectivity index (χ2v) is 3.89. The molecule has 0 atom stereocenters. The fourth-order valence-electron chi connectivity index (χ4n) is 1.56. The molecule has 0 saturated heterocycles. The smallest absolute Gasteiger partial charge is 0.248 e. The highest BCUT2D eigenvalue weighted by atomic mass is 19.2. The summed E-state index contributed by atoms with van der Waals surface area (Å²) in [5.74, 6) is -2.64. The molecule has 2 aromatic carbocycles. The van der Waals surface area contributed by atoms with Crippen LogP contribution in [0.1, 0.15) is 10.4 Å². The van der Waals surface area contributed by atoms with Crippen molar-refractivity contribution in [3.8, 4) is 0 Å². The number of nitrogens with two attached hydrogens (primary N) is 2. The van der Waals surface area contributed by atoms with Gasteiger partial charge in [0.2, 0.25) is 5.91 Å². The lowest BCUT2D eigenvalue weighted by Gasteiger charge is -2.11. The molecule has 5 N–H and O–H groups in total. The SMILES string of the molecule is NC(=O)c1ccc(N)c(Nc2cccc(F)c2F)c1. The molecule has 0 aliphatic heterocycles. The predicted molar refractivity (Wildman–Crippen MR) is 69.0 cm³/mol. The molecule has 6 heteroatoms. The van der Waals surface area contributed by atoms with E-state index in [4.69, 9.17) is 11.5 Å². The van der Waals surface area contributed by atoms with Crippen LogP contribution in [0.15, 0.2) is 36.4 Å². The number of nitrogen functional groups attached to an aromatic ring is 1. The largest absolute Gasteiger partial charge is 0.397 e. The number of hydrogen-bond donors (Lipinski definition) is 3. The van der Waals surface area contributed by atoms with Crippen LogP contribution >= 0.6 is 0 Å². The van der Waals surface area contributed by atoms with Gasteiger partial charge in [-0.2, -0.15) is 0 Å². The topological polar surface area (TPSA) is 81.1 Å². The number of rotatable bonds is 3. The van der Waals surface area contributed by atoms with Crippen LogP contribution in [0.25, 0.3) is 0 Å². The summed E-state index contributed by atoms with van der Waals surface area (Å²) in [7, 11) is 0. The van der Waals surface area contributed by atoms with Crippen molar-refractivity contribution in [2.24, 2.45) is 5.73 Å². The fourth-order valence-corrected chi connectivity index (χ4v) is 1.56. The number of hydrogen-bond acceptors (Lipinski definition) is 3. The first-order valence-corrected chi connectivity index (χ1v) is 5.39. The van der Waals surface area contributed by atoms with E-state index in [1.165, 1.54) is 30.3 Å². The molecule has 0 aromatic heterocycles. The summed E-state index contributed by atoms with van der Waals surface area (Å²) in [6.07, 6.45) is 0. The molecule has 0 saturated carbocycles. The van der Waals surface area contributed by atoms with Gasteiger partial charge >= 0.3 is 0 Å². The number of carbonyl (C=O) groups excluding carboxylic acids is 1. The van der Waals surface area contributed by atoms with Gasteiger partial charge in [0.25, 0.3) is 0 Å². The van der Waals surface area contributed by atoms with E-state index in [1.807, 2.05) is 0 Å². The number of carbonyl (C=O) groups is 1. The summed E-state index contributed by atoms with van der Waals surface area (Å²) in [5, 5.41) is 2.63. The Morgan fingerprint density at radius 1 is 1.11 bits per heavy atom. The van der Waals surface area contributed by atoms with Gasteiger partial charge in [0, 0.05) is 5.56 Å². The molecule has 2 aromatic rings. The van der Waals surface area contributed by atoms with E-state index in [0.717, 1.165) is 6.07 Å². The van der Waals surface area contributed by atoms with Crippen molar-refractivity contribution in [1.29, 1.82) is 0 Å². The van der Waals surface area contributed by atoms with E-state index in [-0.39, 0.29) is 22.6 Å². The summed E-state index contributed by atoms with van der Waals surface area (Å²) in [5.41, 5.74) is 11.5. The van der Waals surface area contributed by atoms with Crippen molar-refractivity contribution in [3.63, 3.8) is 0 Å². The lowest BCUT2D eigenvalue weighted by atomic mass is 10.1. The third-order valence-corrected chi connectivity index (χ3v) is 2.56. The Labute approximate surface area is 108 Å². The highest BCUT2D eigenvalue weighted by Gasteiger charge is 2.10. The maximum Gasteiger partial charge on any atom is 0.248 e. The first-order valence-electron chi connectivity index (χ1n) is 5.39. The zero-order valence-corrected chi connectivity index (χ0v) is 9.78. The number of halogens is 2. The van der Waals surface area contributed by atoms with E-state index >= 15 is 0 Å². The van der Waals surface area contributed by atoms with Crippen LogP contribution in [0.4, 0.5) is 25.8 Å². The van der Waals surface area contributed by atoms with E-state index in [1.54, 1.807) is 0 Å². The van der Waals surface area contributed by atoms with Crippen molar-refractivity contribution in [1.82, 2.24) is 0 Å². The number of anilines is 3. The number of primary amides is 1. The molecule has 0 spiro atoms. The normalized spacial score (nSPS) is 10.2. The Hall–Kier alpha value is -2.63. The third kappa shape index (κ3) is 2.62. The van der Waals surface area contributed by atoms with Gasteiger partial charge in [-0.15, -0.1) is 0 Å². The Bertz CT molecular complexity index is 644. The molecule has 0 radical (unpaired) electrons. The number of nitrogens with one attached hydrogen (secondary N) is 1. The molecule has 2 rings (SSSR count). The standard InChI is InChI=1S/C13H11F2N3O/c14-8-2-1-3-10(12(8)15)18-11-6-7(13(17)19)4-5-9(11)16/h1-6,18H,16H2,(H2,17,19). The molecule has 0 bridgehead atoms.